The van der Waals surface area contributed by atoms with Crippen LogP contribution in [0.25, 0.3) is 10.2 Å². The van der Waals surface area contributed by atoms with E-state index in [2.05, 4.69) is 42.5 Å². The van der Waals surface area contributed by atoms with Crippen LogP contribution in [-0.4, -0.2) is 10.5 Å². The molecule has 0 saturated heterocycles. The van der Waals surface area contributed by atoms with Gasteiger partial charge in [0.1, 0.15) is 0 Å². The van der Waals surface area contributed by atoms with E-state index in [4.69, 9.17) is 0 Å². The van der Waals surface area contributed by atoms with Gasteiger partial charge >= 0.3 is 0 Å². The first-order chi connectivity index (χ1) is 10.6. The predicted octanol–water partition coefficient (Wildman–Crippen LogP) is 4.35. The molecule has 0 N–H and O–H groups in total. The standard InChI is InChI=1S/C18H24N2OS/c1-4-20-15-12(2)10-11-13(3)16(15)22-18(20)19-17(21)14-8-6-5-7-9-14/h10-11,14H,4-9H2,1-3H3. The summed E-state index contributed by atoms with van der Waals surface area (Å²) in [7, 11) is 0. The lowest BCUT2D eigenvalue weighted by Crippen LogP contribution is -2.21. The number of carbonyl (C=O) groups excluding carboxylic acids is 1. The van der Waals surface area contributed by atoms with Crippen LogP contribution in [0.5, 0.6) is 0 Å². The monoisotopic (exact) mass is 316 g/mol. The third kappa shape index (κ3) is 2.76. The number of carbonyl (C=O) groups is 1. The quantitative estimate of drug-likeness (QED) is 0.811. The lowest BCUT2D eigenvalue weighted by molar-refractivity contribution is -0.122. The van der Waals surface area contributed by atoms with E-state index in [1.807, 2.05) is 0 Å². The number of aryl methyl sites for hydroxylation is 3. The summed E-state index contributed by atoms with van der Waals surface area (Å²) in [6.07, 6.45) is 5.63. The van der Waals surface area contributed by atoms with Crippen molar-refractivity contribution in [1.82, 2.24) is 4.57 Å². The third-order valence-corrected chi connectivity index (χ3v) is 5.91. The fourth-order valence-electron chi connectivity index (χ4n) is 3.39. The Hall–Kier alpha value is -1.42. The van der Waals surface area contributed by atoms with E-state index in [1.54, 1.807) is 11.3 Å². The summed E-state index contributed by atoms with van der Waals surface area (Å²) in [5.41, 5.74) is 3.76. The van der Waals surface area contributed by atoms with Gasteiger partial charge < -0.3 is 4.57 Å². The lowest BCUT2D eigenvalue weighted by Gasteiger charge is -2.17. The molecular weight excluding hydrogens is 292 g/mol. The summed E-state index contributed by atoms with van der Waals surface area (Å²) in [6, 6.07) is 4.31. The molecule has 0 aliphatic heterocycles. The van der Waals surface area contributed by atoms with Crippen LogP contribution in [0.3, 0.4) is 0 Å². The molecule has 1 aliphatic rings. The van der Waals surface area contributed by atoms with Gasteiger partial charge in [0.15, 0.2) is 4.80 Å². The molecule has 4 heteroatoms. The Morgan fingerprint density at radius 2 is 1.91 bits per heavy atom. The van der Waals surface area contributed by atoms with Crippen LogP contribution < -0.4 is 4.80 Å². The lowest BCUT2D eigenvalue weighted by atomic mass is 9.89. The van der Waals surface area contributed by atoms with Crippen molar-refractivity contribution in [2.45, 2.75) is 59.4 Å². The number of benzene rings is 1. The first kappa shape index (κ1) is 15.5. The minimum Gasteiger partial charge on any atom is -0.316 e. The normalized spacial score (nSPS) is 17.3. The molecule has 0 spiro atoms. The van der Waals surface area contributed by atoms with Crippen molar-refractivity contribution >= 4 is 27.5 Å². The van der Waals surface area contributed by atoms with Crippen LogP contribution in [0.4, 0.5) is 0 Å². The summed E-state index contributed by atoms with van der Waals surface area (Å²) in [5.74, 6) is 0.232. The van der Waals surface area contributed by atoms with Crippen molar-refractivity contribution in [3.63, 3.8) is 0 Å². The second kappa shape index (κ2) is 6.37. The minimum absolute atomic E-state index is 0.0868. The highest BCUT2D eigenvalue weighted by atomic mass is 32.1. The molecule has 1 aromatic heterocycles. The Bertz CT molecular complexity index is 763. The fourth-order valence-corrected chi connectivity index (χ4v) is 4.63. The molecule has 3 rings (SSSR count). The number of nitrogens with zero attached hydrogens (tertiary/aromatic N) is 2. The molecule has 0 unspecified atom stereocenters. The van der Waals surface area contributed by atoms with E-state index in [0.717, 1.165) is 24.2 Å². The molecular formula is C18H24N2OS. The number of hydrogen-bond acceptors (Lipinski definition) is 2. The van der Waals surface area contributed by atoms with Crippen LogP contribution in [0.1, 0.15) is 50.2 Å². The maximum atomic E-state index is 12.5. The van der Waals surface area contributed by atoms with Crippen molar-refractivity contribution in [2.24, 2.45) is 10.9 Å². The molecule has 1 amide bonds. The Morgan fingerprint density at radius 1 is 1.23 bits per heavy atom. The zero-order valence-electron chi connectivity index (χ0n) is 13.7. The van der Waals surface area contributed by atoms with Crippen molar-refractivity contribution in [3.05, 3.63) is 28.1 Å². The Kier molecular flexibility index (Phi) is 4.48. The van der Waals surface area contributed by atoms with Gasteiger partial charge in [0.2, 0.25) is 0 Å². The predicted molar refractivity (Wildman–Crippen MR) is 92.1 cm³/mol. The molecule has 118 valence electrons. The van der Waals surface area contributed by atoms with Crippen LogP contribution in [-0.2, 0) is 11.3 Å². The number of rotatable bonds is 2. The highest BCUT2D eigenvalue weighted by molar-refractivity contribution is 7.16. The first-order valence-corrected chi connectivity index (χ1v) is 9.11. The largest absolute Gasteiger partial charge is 0.316 e. The SMILES string of the molecule is CCn1c(=NC(=O)C2CCCCC2)sc2c(C)ccc(C)c21. The van der Waals surface area contributed by atoms with E-state index in [-0.39, 0.29) is 11.8 Å². The average molecular weight is 316 g/mol. The maximum absolute atomic E-state index is 12.5. The van der Waals surface area contributed by atoms with Crippen molar-refractivity contribution < 1.29 is 4.79 Å². The summed E-state index contributed by atoms with van der Waals surface area (Å²) in [6.45, 7) is 7.23. The van der Waals surface area contributed by atoms with Crippen molar-refractivity contribution in [3.8, 4) is 0 Å². The molecule has 1 fully saturated rings. The van der Waals surface area contributed by atoms with Crippen molar-refractivity contribution in [2.75, 3.05) is 0 Å². The van der Waals surface area contributed by atoms with E-state index >= 15 is 0 Å². The number of aromatic nitrogens is 1. The summed E-state index contributed by atoms with van der Waals surface area (Å²) in [5, 5.41) is 0. The molecule has 1 saturated carbocycles. The summed E-state index contributed by atoms with van der Waals surface area (Å²) in [4.78, 5) is 17.9. The van der Waals surface area contributed by atoms with Gasteiger partial charge in [0.05, 0.1) is 10.2 Å². The highest BCUT2D eigenvalue weighted by Crippen LogP contribution is 2.26. The second-order valence-electron chi connectivity index (χ2n) is 6.29. The van der Waals surface area contributed by atoms with Crippen LogP contribution in [0.15, 0.2) is 17.1 Å². The van der Waals surface area contributed by atoms with Crippen LogP contribution in [0, 0.1) is 19.8 Å². The topological polar surface area (TPSA) is 34.4 Å². The van der Waals surface area contributed by atoms with Crippen LogP contribution >= 0.6 is 11.3 Å². The van der Waals surface area contributed by atoms with Gasteiger partial charge in [-0.1, -0.05) is 42.7 Å². The number of thiazole rings is 1. The van der Waals surface area contributed by atoms with E-state index in [1.165, 1.54) is 40.6 Å². The molecule has 1 aromatic carbocycles. The smallest absolute Gasteiger partial charge is 0.251 e. The molecule has 3 nitrogen and oxygen atoms in total. The Morgan fingerprint density at radius 3 is 2.59 bits per heavy atom. The number of hydrogen-bond donors (Lipinski definition) is 0. The zero-order chi connectivity index (χ0) is 15.7. The third-order valence-electron chi connectivity index (χ3n) is 4.70. The van der Waals surface area contributed by atoms with Gasteiger partial charge in [-0.3, -0.25) is 4.79 Å². The first-order valence-electron chi connectivity index (χ1n) is 8.30. The summed E-state index contributed by atoms with van der Waals surface area (Å²) < 4.78 is 3.46. The van der Waals surface area contributed by atoms with Crippen molar-refractivity contribution in [1.29, 1.82) is 0 Å². The number of amides is 1. The second-order valence-corrected chi connectivity index (χ2v) is 7.27. The number of fused-ring (bicyclic) bond motifs is 1. The minimum atomic E-state index is 0.0868. The van der Waals surface area contributed by atoms with Gasteiger partial charge in [-0.25, -0.2) is 0 Å². The van der Waals surface area contributed by atoms with Gasteiger partial charge in [0.25, 0.3) is 5.91 Å². The van der Waals surface area contributed by atoms with E-state index in [0.29, 0.717) is 0 Å². The fraction of sp³-hybridized carbons (Fsp3) is 0.556. The molecule has 0 radical (unpaired) electrons. The maximum Gasteiger partial charge on any atom is 0.251 e. The van der Waals surface area contributed by atoms with Gasteiger partial charge in [0, 0.05) is 12.5 Å². The van der Waals surface area contributed by atoms with E-state index < -0.39 is 0 Å². The molecule has 2 aromatic rings. The summed E-state index contributed by atoms with van der Waals surface area (Å²) >= 11 is 1.66. The molecule has 0 atom stereocenters. The highest BCUT2D eigenvalue weighted by Gasteiger charge is 2.21. The van der Waals surface area contributed by atoms with E-state index in [9.17, 15) is 4.79 Å². The van der Waals surface area contributed by atoms with Gasteiger partial charge in [-0.05, 0) is 44.7 Å². The molecule has 1 heterocycles. The Labute approximate surface area is 135 Å². The van der Waals surface area contributed by atoms with Crippen LogP contribution in [0.2, 0.25) is 0 Å². The molecule has 1 aliphatic carbocycles. The zero-order valence-corrected chi connectivity index (χ0v) is 14.5. The molecule has 22 heavy (non-hydrogen) atoms. The average Bonchev–Trinajstić information content (AvgIpc) is 2.91. The molecule has 0 bridgehead atoms. The Balaban J connectivity index is 2.10. The van der Waals surface area contributed by atoms with Gasteiger partial charge in [-0.2, -0.15) is 4.99 Å². The van der Waals surface area contributed by atoms with Gasteiger partial charge in [-0.15, -0.1) is 0 Å².